The Morgan fingerprint density at radius 3 is 2.76 bits per heavy atom. The number of benzene rings is 2. The Morgan fingerprint density at radius 2 is 2.00 bits per heavy atom. The Balaban J connectivity index is 2.06. The van der Waals surface area contributed by atoms with Crippen molar-refractivity contribution < 1.29 is 9.53 Å². The predicted molar refractivity (Wildman–Crippen MR) is 84.5 cm³/mol. The molecule has 0 bridgehead atoms. The lowest BCUT2D eigenvalue weighted by Crippen LogP contribution is -2.07. The van der Waals surface area contributed by atoms with Crippen molar-refractivity contribution in [3.8, 4) is 5.75 Å². The van der Waals surface area contributed by atoms with Crippen molar-refractivity contribution in [1.29, 1.82) is 0 Å². The smallest absolute Gasteiger partial charge is 0.197 e. The van der Waals surface area contributed by atoms with E-state index in [4.69, 9.17) is 4.74 Å². The van der Waals surface area contributed by atoms with Crippen LogP contribution in [0, 0.1) is 13.8 Å². The molecule has 0 unspecified atom stereocenters. The van der Waals surface area contributed by atoms with E-state index in [0.717, 1.165) is 35.3 Å². The first kappa shape index (κ1) is 13.7. The Hall–Kier alpha value is -2.29. The summed E-state index contributed by atoms with van der Waals surface area (Å²) in [5.74, 6) is 0.676. The number of anilines is 1. The van der Waals surface area contributed by atoms with Crippen LogP contribution in [0.2, 0.25) is 0 Å². The average Bonchev–Trinajstić information content (AvgIpc) is 2.93. The van der Waals surface area contributed by atoms with Crippen LogP contribution in [0.4, 0.5) is 5.69 Å². The molecule has 0 aliphatic carbocycles. The van der Waals surface area contributed by atoms with Gasteiger partial charge in [0, 0.05) is 17.8 Å². The number of hydrogen-bond acceptors (Lipinski definition) is 3. The van der Waals surface area contributed by atoms with E-state index in [1.54, 1.807) is 7.11 Å². The minimum atomic E-state index is 0.0269. The quantitative estimate of drug-likeness (QED) is 0.875. The molecule has 0 spiro atoms. The van der Waals surface area contributed by atoms with Gasteiger partial charge in [-0.1, -0.05) is 6.07 Å². The number of nitrogens with one attached hydrogen (secondary N) is 1. The van der Waals surface area contributed by atoms with Crippen LogP contribution in [-0.4, -0.2) is 19.4 Å². The number of methoxy groups -OCH3 is 1. The van der Waals surface area contributed by atoms with Crippen LogP contribution >= 0.6 is 0 Å². The van der Waals surface area contributed by atoms with Gasteiger partial charge < -0.3 is 10.1 Å². The Bertz CT molecular complexity index is 719. The van der Waals surface area contributed by atoms with Gasteiger partial charge in [0.25, 0.3) is 0 Å². The number of fused-ring (bicyclic) bond motifs is 1. The maximum Gasteiger partial charge on any atom is 0.197 e. The molecule has 0 amide bonds. The summed E-state index contributed by atoms with van der Waals surface area (Å²) in [4.78, 5) is 12.9. The van der Waals surface area contributed by atoms with Gasteiger partial charge in [0.1, 0.15) is 5.75 Å². The molecule has 21 heavy (non-hydrogen) atoms. The molecule has 0 saturated heterocycles. The third-order valence-electron chi connectivity index (χ3n) is 3.97. The minimum absolute atomic E-state index is 0.0269. The van der Waals surface area contributed by atoms with Crippen LogP contribution in [-0.2, 0) is 6.42 Å². The number of ether oxygens (including phenoxy) is 1. The molecule has 3 heteroatoms. The number of rotatable bonds is 3. The zero-order valence-corrected chi connectivity index (χ0v) is 12.6. The van der Waals surface area contributed by atoms with E-state index < -0.39 is 0 Å². The lowest BCUT2D eigenvalue weighted by Gasteiger charge is -2.13. The van der Waals surface area contributed by atoms with Crippen molar-refractivity contribution in [2.75, 3.05) is 19.0 Å². The average molecular weight is 281 g/mol. The second kappa shape index (κ2) is 5.24. The van der Waals surface area contributed by atoms with Gasteiger partial charge in [-0.3, -0.25) is 4.79 Å². The van der Waals surface area contributed by atoms with Crippen LogP contribution in [0.25, 0.3) is 0 Å². The molecule has 1 aliphatic heterocycles. The zero-order valence-electron chi connectivity index (χ0n) is 12.6. The van der Waals surface area contributed by atoms with Crippen LogP contribution in [0.1, 0.15) is 32.6 Å². The number of ketones is 1. The molecule has 3 nitrogen and oxygen atoms in total. The van der Waals surface area contributed by atoms with Gasteiger partial charge in [-0.05, 0) is 61.2 Å². The topological polar surface area (TPSA) is 38.3 Å². The maximum absolute atomic E-state index is 12.9. The molecule has 0 aromatic heterocycles. The van der Waals surface area contributed by atoms with Gasteiger partial charge in [-0.25, -0.2) is 0 Å². The van der Waals surface area contributed by atoms with Crippen molar-refractivity contribution in [3.05, 3.63) is 58.1 Å². The fourth-order valence-electron chi connectivity index (χ4n) is 2.97. The molecule has 1 N–H and O–H groups in total. The van der Waals surface area contributed by atoms with E-state index in [9.17, 15) is 4.79 Å². The zero-order chi connectivity index (χ0) is 15.0. The molecule has 0 saturated carbocycles. The third kappa shape index (κ3) is 2.40. The highest BCUT2D eigenvalue weighted by atomic mass is 16.5. The Labute approximate surface area is 124 Å². The third-order valence-corrected chi connectivity index (χ3v) is 3.97. The van der Waals surface area contributed by atoms with Gasteiger partial charge in [0.2, 0.25) is 0 Å². The Morgan fingerprint density at radius 1 is 1.19 bits per heavy atom. The highest BCUT2D eigenvalue weighted by Gasteiger charge is 2.20. The van der Waals surface area contributed by atoms with E-state index in [1.807, 2.05) is 44.2 Å². The van der Waals surface area contributed by atoms with Crippen molar-refractivity contribution in [2.45, 2.75) is 20.3 Å². The van der Waals surface area contributed by atoms with Gasteiger partial charge in [0.15, 0.2) is 5.78 Å². The molecule has 0 fully saturated rings. The Kier molecular flexibility index (Phi) is 3.42. The van der Waals surface area contributed by atoms with Crippen molar-refractivity contribution in [1.82, 2.24) is 0 Å². The maximum atomic E-state index is 12.9. The van der Waals surface area contributed by atoms with Gasteiger partial charge in [-0.15, -0.1) is 0 Å². The summed E-state index contributed by atoms with van der Waals surface area (Å²) in [5.41, 5.74) is 5.79. The number of carbonyl (C=O) groups excluding carboxylic acids is 1. The predicted octanol–water partition coefficient (Wildman–Crippen LogP) is 3.51. The van der Waals surface area contributed by atoms with Gasteiger partial charge in [0.05, 0.1) is 12.7 Å². The largest absolute Gasteiger partial charge is 0.496 e. The molecule has 108 valence electrons. The number of carbonyl (C=O) groups is 1. The second-order valence-corrected chi connectivity index (χ2v) is 5.54. The van der Waals surface area contributed by atoms with Crippen LogP contribution in [0.3, 0.4) is 0 Å². The summed E-state index contributed by atoms with van der Waals surface area (Å²) < 4.78 is 5.41. The summed E-state index contributed by atoms with van der Waals surface area (Å²) in [7, 11) is 1.61. The lowest BCUT2D eigenvalue weighted by molar-refractivity contribution is 0.103. The van der Waals surface area contributed by atoms with Crippen LogP contribution < -0.4 is 10.1 Å². The van der Waals surface area contributed by atoms with Crippen LogP contribution in [0.5, 0.6) is 5.75 Å². The molecular weight excluding hydrogens is 262 g/mol. The molecule has 3 rings (SSSR count). The van der Waals surface area contributed by atoms with E-state index >= 15 is 0 Å². The highest BCUT2D eigenvalue weighted by Crippen LogP contribution is 2.29. The number of hydrogen-bond donors (Lipinski definition) is 1. The first-order chi connectivity index (χ1) is 10.1. The van der Waals surface area contributed by atoms with Gasteiger partial charge >= 0.3 is 0 Å². The van der Waals surface area contributed by atoms with E-state index in [-0.39, 0.29) is 5.78 Å². The van der Waals surface area contributed by atoms with Crippen LogP contribution in [0.15, 0.2) is 30.3 Å². The standard InChI is InChI=1S/C18H19NO2/c1-11-8-12(2)17(16(9-11)21-3)18(20)14-4-5-15-13(10-14)6-7-19-15/h4-5,8-10,19H,6-7H2,1-3H3. The summed E-state index contributed by atoms with van der Waals surface area (Å²) in [5, 5.41) is 3.31. The fourth-order valence-corrected chi connectivity index (χ4v) is 2.97. The van der Waals surface area contributed by atoms with Crippen molar-refractivity contribution in [2.24, 2.45) is 0 Å². The lowest BCUT2D eigenvalue weighted by atomic mass is 9.95. The second-order valence-electron chi connectivity index (χ2n) is 5.54. The van der Waals surface area contributed by atoms with Crippen molar-refractivity contribution in [3.63, 3.8) is 0 Å². The fraction of sp³-hybridized carbons (Fsp3) is 0.278. The molecule has 1 aliphatic rings. The molecule has 1 heterocycles. The van der Waals surface area contributed by atoms with Crippen molar-refractivity contribution >= 4 is 11.5 Å². The van der Waals surface area contributed by atoms with E-state index in [1.165, 1.54) is 5.56 Å². The highest BCUT2D eigenvalue weighted by molar-refractivity contribution is 6.12. The molecule has 2 aromatic carbocycles. The summed E-state index contributed by atoms with van der Waals surface area (Å²) in [6, 6.07) is 9.81. The summed E-state index contributed by atoms with van der Waals surface area (Å²) in [6.45, 7) is 4.91. The SMILES string of the molecule is COc1cc(C)cc(C)c1C(=O)c1ccc2c(c1)CCN2. The minimum Gasteiger partial charge on any atom is -0.496 e. The first-order valence-electron chi connectivity index (χ1n) is 7.17. The normalized spacial score (nSPS) is 12.7. The first-order valence-corrected chi connectivity index (χ1v) is 7.17. The molecule has 0 radical (unpaired) electrons. The summed E-state index contributed by atoms with van der Waals surface area (Å²) in [6.07, 6.45) is 0.973. The molecular formula is C18H19NO2. The van der Waals surface area contributed by atoms with E-state index in [2.05, 4.69) is 5.32 Å². The van der Waals surface area contributed by atoms with E-state index in [0.29, 0.717) is 11.3 Å². The molecule has 2 aromatic rings. The number of aryl methyl sites for hydroxylation is 2. The van der Waals surface area contributed by atoms with Gasteiger partial charge in [-0.2, -0.15) is 0 Å². The molecule has 0 atom stereocenters. The monoisotopic (exact) mass is 281 g/mol. The summed E-state index contributed by atoms with van der Waals surface area (Å²) >= 11 is 0.